The van der Waals surface area contributed by atoms with E-state index < -0.39 is 17.6 Å². The summed E-state index contributed by atoms with van der Waals surface area (Å²) in [6.45, 7) is 0. The van der Waals surface area contributed by atoms with Gasteiger partial charge in [-0.25, -0.2) is 0 Å². The number of halogens is 3. The molecular formula is C22H14F3NO2S2. The maximum atomic E-state index is 13.1. The molecule has 30 heavy (non-hydrogen) atoms. The molecule has 1 amide bonds. The van der Waals surface area contributed by atoms with Crippen molar-refractivity contribution in [3.05, 3.63) is 76.7 Å². The van der Waals surface area contributed by atoms with Crippen LogP contribution in [0.5, 0.6) is 5.75 Å². The molecule has 0 radical (unpaired) electrons. The predicted octanol–water partition coefficient (Wildman–Crippen LogP) is 6.27. The molecule has 0 spiro atoms. The van der Waals surface area contributed by atoms with Gasteiger partial charge in [0.25, 0.3) is 5.91 Å². The highest BCUT2D eigenvalue weighted by Gasteiger charge is 2.36. The highest BCUT2D eigenvalue weighted by Crippen LogP contribution is 2.40. The molecule has 0 aliphatic carbocycles. The van der Waals surface area contributed by atoms with Gasteiger partial charge in [-0.05, 0) is 41.1 Å². The second-order valence-electron chi connectivity index (χ2n) is 6.47. The minimum Gasteiger partial charge on any atom is -0.496 e. The largest absolute Gasteiger partial charge is 0.496 e. The van der Waals surface area contributed by atoms with Gasteiger partial charge in [-0.15, -0.1) is 0 Å². The van der Waals surface area contributed by atoms with E-state index in [1.165, 1.54) is 19.2 Å². The number of methoxy groups -OCH3 is 1. The van der Waals surface area contributed by atoms with Crippen LogP contribution in [0.2, 0.25) is 0 Å². The third-order valence-electron chi connectivity index (χ3n) is 4.65. The highest BCUT2D eigenvalue weighted by atomic mass is 32.2. The number of alkyl halides is 3. The monoisotopic (exact) mass is 445 g/mol. The van der Waals surface area contributed by atoms with Crippen molar-refractivity contribution in [1.82, 2.24) is 0 Å². The fourth-order valence-corrected chi connectivity index (χ4v) is 4.53. The number of thiocarbonyl (C=S) groups is 1. The number of anilines is 1. The van der Waals surface area contributed by atoms with Gasteiger partial charge in [0.2, 0.25) is 0 Å². The van der Waals surface area contributed by atoms with Crippen molar-refractivity contribution >= 4 is 56.7 Å². The van der Waals surface area contributed by atoms with Crippen LogP contribution in [0, 0.1) is 0 Å². The highest BCUT2D eigenvalue weighted by molar-refractivity contribution is 8.27. The van der Waals surface area contributed by atoms with E-state index in [2.05, 4.69) is 0 Å². The van der Waals surface area contributed by atoms with Gasteiger partial charge in [-0.1, -0.05) is 60.4 Å². The number of carbonyl (C=O) groups excluding carboxylic acids is 1. The van der Waals surface area contributed by atoms with Crippen molar-refractivity contribution in [1.29, 1.82) is 0 Å². The smallest absolute Gasteiger partial charge is 0.416 e. The van der Waals surface area contributed by atoms with Crippen LogP contribution in [0.3, 0.4) is 0 Å². The van der Waals surface area contributed by atoms with Crippen molar-refractivity contribution in [2.45, 2.75) is 6.18 Å². The van der Waals surface area contributed by atoms with Gasteiger partial charge < -0.3 is 4.74 Å². The lowest BCUT2D eigenvalue weighted by molar-refractivity contribution is -0.137. The summed E-state index contributed by atoms with van der Waals surface area (Å²) in [5.74, 6) is 0.109. The average Bonchev–Trinajstić information content (AvgIpc) is 3.00. The lowest BCUT2D eigenvalue weighted by Crippen LogP contribution is -2.27. The fourth-order valence-electron chi connectivity index (χ4n) is 3.25. The second-order valence-corrected chi connectivity index (χ2v) is 8.14. The van der Waals surface area contributed by atoms with Gasteiger partial charge in [-0.3, -0.25) is 9.69 Å². The number of nitrogens with zero attached hydrogens (tertiary/aromatic N) is 1. The first-order chi connectivity index (χ1) is 14.3. The number of benzene rings is 3. The van der Waals surface area contributed by atoms with E-state index in [0.29, 0.717) is 16.2 Å². The van der Waals surface area contributed by atoms with Gasteiger partial charge in [0, 0.05) is 5.56 Å². The van der Waals surface area contributed by atoms with E-state index in [9.17, 15) is 18.0 Å². The Morgan fingerprint density at radius 3 is 2.57 bits per heavy atom. The first-order valence-electron chi connectivity index (χ1n) is 8.80. The van der Waals surface area contributed by atoms with Gasteiger partial charge in [0.15, 0.2) is 4.32 Å². The van der Waals surface area contributed by atoms with Crippen LogP contribution in [0.4, 0.5) is 18.9 Å². The van der Waals surface area contributed by atoms with Crippen LogP contribution in [-0.2, 0) is 11.0 Å². The van der Waals surface area contributed by atoms with E-state index in [1.807, 2.05) is 36.4 Å². The van der Waals surface area contributed by atoms with Gasteiger partial charge in [0.1, 0.15) is 5.75 Å². The van der Waals surface area contributed by atoms with Crippen molar-refractivity contribution in [2.75, 3.05) is 12.0 Å². The van der Waals surface area contributed by atoms with E-state index in [0.717, 1.165) is 39.6 Å². The summed E-state index contributed by atoms with van der Waals surface area (Å²) in [4.78, 5) is 14.5. The minimum atomic E-state index is -4.51. The molecule has 3 aromatic rings. The van der Waals surface area contributed by atoms with Crippen molar-refractivity contribution in [3.63, 3.8) is 0 Å². The molecule has 0 atom stereocenters. The van der Waals surface area contributed by atoms with E-state index >= 15 is 0 Å². The predicted molar refractivity (Wildman–Crippen MR) is 118 cm³/mol. The SMILES string of the molecule is COc1ccc2ccccc2c1/C=C1/SC(=S)N(c2cccc(C(F)(F)F)c2)C1=O. The number of rotatable bonds is 3. The molecule has 1 heterocycles. The van der Waals surface area contributed by atoms with E-state index in [4.69, 9.17) is 17.0 Å². The lowest BCUT2D eigenvalue weighted by atomic mass is 10.0. The Labute approximate surface area is 180 Å². The quantitative estimate of drug-likeness (QED) is 0.351. The molecular weight excluding hydrogens is 431 g/mol. The Morgan fingerprint density at radius 1 is 1.07 bits per heavy atom. The molecule has 1 fully saturated rings. The van der Waals surface area contributed by atoms with Crippen LogP contribution in [0.1, 0.15) is 11.1 Å². The Morgan fingerprint density at radius 2 is 1.83 bits per heavy atom. The number of amides is 1. The lowest BCUT2D eigenvalue weighted by Gasteiger charge is -2.16. The third-order valence-corrected chi connectivity index (χ3v) is 5.95. The third kappa shape index (κ3) is 3.68. The normalized spacial score (nSPS) is 16.0. The number of carbonyl (C=O) groups is 1. The van der Waals surface area contributed by atoms with Crippen LogP contribution < -0.4 is 9.64 Å². The molecule has 0 bridgehead atoms. The van der Waals surface area contributed by atoms with Crippen molar-refractivity contribution < 1.29 is 22.7 Å². The molecule has 0 N–H and O–H groups in total. The zero-order chi connectivity index (χ0) is 21.5. The standard InChI is InChI=1S/C22H14F3NO2S2/c1-28-18-10-9-13-5-2-3-8-16(13)17(18)12-19-20(27)26(21(29)30-19)15-7-4-6-14(11-15)22(23,24)25/h2-12H,1H3/b19-12+. The Balaban J connectivity index is 1.78. The Bertz CT molecular complexity index is 1200. The summed E-state index contributed by atoms with van der Waals surface area (Å²) in [5, 5.41) is 1.86. The van der Waals surface area contributed by atoms with Gasteiger partial charge >= 0.3 is 6.18 Å². The summed E-state index contributed by atoms with van der Waals surface area (Å²) in [5.41, 5.74) is -0.0468. The average molecular weight is 445 g/mol. The molecule has 0 unspecified atom stereocenters. The molecule has 152 valence electrons. The molecule has 1 aliphatic rings. The Hall–Kier alpha value is -2.84. The first-order valence-corrected chi connectivity index (χ1v) is 10.0. The molecule has 0 aromatic heterocycles. The molecule has 3 aromatic carbocycles. The number of hydrogen-bond donors (Lipinski definition) is 0. The molecule has 8 heteroatoms. The zero-order valence-electron chi connectivity index (χ0n) is 15.6. The molecule has 0 saturated carbocycles. The molecule has 4 rings (SSSR count). The summed E-state index contributed by atoms with van der Waals surface area (Å²) in [7, 11) is 1.54. The fraction of sp³-hybridized carbons (Fsp3) is 0.0909. The van der Waals surface area contributed by atoms with E-state index in [1.54, 1.807) is 6.08 Å². The van der Waals surface area contributed by atoms with Crippen LogP contribution in [0.25, 0.3) is 16.8 Å². The van der Waals surface area contributed by atoms with Crippen molar-refractivity contribution in [3.8, 4) is 5.75 Å². The number of fused-ring (bicyclic) bond motifs is 1. The van der Waals surface area contributed by atoms with Gasteiger partial charge in [-0.2, -0.15) is 13.2 Å². The topological polar surface area (TPSA) is 29.5 Å². The second kappa shape index (κ2) is 7.77. The minimum absolute atomic E-state index is 0.0839. The van der Waals surface area contributed by atoms with E-state index in [-0.39, 0.29) is 10.0 Å². The number of hydrogen-bond acceptors (Lipinski definition) is 4. The summed E-state index contributed by atoms with van der Waals surface area (Å²) in [6, 6.07) is 15.9. The Kier molecular flexibility index (Phi) is 5.29. The summed E-state index contributed by atoms with van der Waals surface area (Å²) < 4.78 is 44.9. The first kappa shape index (κ1) is 20.4. The molecule has 1 aliphatic heterocycles. The van der Waals surface area contributed by atoms with Gasteiger partial charge in [0.05, 0.1) is 23.3 Å². The van der Waals surface area contributed by atoms with Crippen LogP contribution in [0.15, 0.2) is 65.6 Å². The van der Waals surface area contributed by atoms with Crippen LogP contribution >= 0.6 is 24.0 Å². The number of thioether (sulfide) groups is 1. The maximum absolute atomic E-state index is 13.1. The van der Waals surface area contributed by atoms with Crippen molar-refractivity contribution in [2.24, 2.45) is 0 Å². The zero-order valence-corrected chi connectivity index (χ0v) is 17.2. The molecule has 1 saturated heterocycles. The maximum Gasteiger partial charge on any atom is 0.416 e. The summed E-state index contributed by atoms with van der Waals surface area (Å²) >= 11 is 6.35. The molecule has 3 nitrogen and oxygen atoms in total. The van der Waals surface area contributed by atoms with Crippen LogP contribution in [-0.4, -0.2) is 17.3 Å². The summed E-state index contributed by atoms with van der Waals surface area (Å²) in [6.07, 6.45) is -2.84. The number of ether oxygens (including phenoxy) is 1.